The Bertz CT molecular complexity index is 408. The van der Waals surface area contributed by atoms with Crippen LogP contribution < -0.4 is 5.32 Å². The van der Waals surface area contributed by atoms with Crippen molar-refractivity contribution in [3.05, 3.63) is 29.8 Å². The number of nitrogens with zero attached hydrogens (tertiary/aromatic N) is 2. The quantitative estimate of drug-likeness (QED) is 0.779. The number of hydrogen-bond donors (Lipinski definition) is 1. The van der Waals surface area contributed by atoms with E-state index in [9.17, 15) is 4.79 Å². The van der Waals surface area contributed by atoms with Crippen LogP contribution in [0, 0.1) is 0 Å². The number of carbonyl (C=O) groups is 1. The lowest BCUT2D eigenvalue weighted by atomic mass is 10.1. The number of anilines is 1. The maximum Gasteiger partial charge on any atom is 0.221 e. The third-order valence-corrected chi connectivity index (χ3v) is 2.05. The minimum absolute atomic E-state index is 0.0698. The first-order valence-electron chi connectivity index (χ1n) is 4.68. The van der Waals surface area contributed by atoms with Crippen LogP contribution in [0.4, 0.5) is 5.69 Å². The number of hydrogen-bond acceptors (Lipinski definition) is 3. The number of amides is 1. The molecule has 0 radical (unpaired) electrons. The number of nitrogens with one attached hydrogen (secondary N) is 1. The number of aliphatic imine (C=N–C) groups is 2. The van der Waals surface area contributed by atoms with Crippen LogP contribution in [0.5, 0.6) is 0 Å². The van der Waals surface area contributed by atoms with Gasteiger partial charge in [0.25, 0.3) is 0 Å². The molecule has 1 aliphatic rings. The van der Waals surface area contributed by atoms with Crippen molar-refractivity contribution in [2.24, 2.45) is 9.98 Å². The highest BCUT2D eigenvalue weighted by molar-refractivity contribution is 6.17. The van der Waals surface area contributed by atoms with Gasteiger partial charge in [0.2, 0.25) is 5.91 Å². The number of carbonyl (C=O) groups excluding carboxylic acids is 1. The predicted octanol–water partition coefficient (Wildman–Crippen LogP) is 1.80. The molecule has 0 atom stereocenters. The van der Waals surface area contributed by atoms with Gasteiger partial charge in [-0.1, -0.05) is 12.1 Å². The lowest BCUT2D eigenvalue weighted by molar-refractivity contribution is -0.114. The Morgan fingerprint density at radius 1 is 1.20 bits per heavy atom. The first kappa shape index (κ1) is 9.58. The van der Waals surface area contributed by atoms with Crippen LogP contribution in [0.3, 0.4) is 0 Å². The summed E-state index contributed by atoms with van der Waals surface area (Å²) in [5.74, 6) is -0.0698. The van der Waals surface area contributed by atoms with Crippen LogP contribution in [-0.2, 0) is 4.79 Å². The third kappa shape index (κ3) is 2.28. The molecule has 4 heteroatoms. The van der Waals surface area contributed by atoms with Crippen molar-refractivity contribution in [2.75, 3.05) is 5.32 Å². The van der Waals surface area contributed by atoms with Gasteiger partial charge in [0.1, 0.15) is 0 Å². The van der Waals surface area contributed by atoms with E-state index in [1.165, 1.54) is 6.92 Å². The Balaban J connectivity index is 2.13. The normalized spacial score (nSPS) is 14.5. The monoisotopic (exact) mass is 201 g/mol. The van der Waals surface area contributed by atoms with Gasteiger partial charge in [-0.25, -0.2) is 0 Å². The molecule has 0 unspecified atom stereocenters. The maximum atomic E-state index is 10.8. The molecule has 2 rings (SSSR count). The van der Waals surface area contributed by atoms with Gasteiger partial charge in [-0.05, 0) is 17.7 Å². The van der Waals surface area contributed by atoms with Gasteiger partial charge in [-0.2, -0.15) is 0 Å². The SMILES string of the molecule is CC(=O)Nc1ccc(C2N=CC=N2)cc1. The molecule has 0 fully saturated rings. The lowest BCUT2D eigenvalue weighted by Crippen LogP contribution is -2.05. The highest BCUT2D eigenvalue weighted by Crippen LogP contribution is 2.21. The first-order valence-corrected chi connectivity index (χ1v) is 4.68. The Morgan fingerprint density at radius 2 is 1.80 bits per heavy atom. The lowest BCUT2D eigenvalue weighted by Gasteiger charge is -2.06. The summed E-state index contributed by atoms with van der Waals surface area (Å²) < 4.78 is 0. The van der Waals surface area contributed by atoms with Gasteiger partial charge in [0.05, 0.1) is 0 Å². The molecule has 0 aliphatic carbocycles. The maximum absolute atomic E-state index is 10.8. The molecule has 76 valence electrons. The highest BCUT2D eigenvalue weighted by atomic mass is 16.1. The average Bonchev–Trinajstić information content (AvgIpc) is 2.71. The second-order valence-corrected chi connectivity index (χ2v) is 3.27. The molecule has 0 spiro atoms. The summed E-state index contributed by atoms with van der Waals surface area (Å²) in [7, 11) is 0. The van der Waals surface area contributed by atoms with Crippen molar-refractivity contribution in [1.29, 1.82) is 0 Å². The van der Waals surface area contributed by atoms with Crippen molar-refractivity contribution in [1.82, 2.24) is 0 Å². The van der Waals surface area contributed by atoms with E-state index in [4.69, 9.17) is 0 Å². The second-order valence-electron chi connectivity index (χ2n) is 3.27. The summed E-state index contributed by atoms with van der Waals surface area (Å²) in [5.41, 5.74) is 1.81. The summed E-state index contributed by atoms with van der Waals surface area (Å²) in [6, 6.07) is 7.52. The predicted molar refractivity (Wildman–Crippen MR) is 60.5 cm³/mol. The molecule has 1 aromatic rings. The van der Waals surface area contributed by atoms with E-state index in [2.05, 4.69) is 15.3 Å². The molecular formula is C11H11N3O. The molecule has 4 nitrogen and oxygen atoms in total. The fraction of sp³-hybridized carbons (Fsp3) is 0.182. The van der Waals surface area contributed by atoms with E-state index in [-0.39, 0.29) is 12.1 Å². The van der Waals surface area contributed by atoms with E-state index in [1.807, 2.05) is 24.3 Å². The first-order chi connectivity index (χ1) is 7.25. The van der Waals surface area contributed by atoms with E-state index in [0.29, 0.717) is 0 Å². The van der Waals surface area contributed by atoms with Crippen LogP contribution in [0.25, 0.3) is 0 Å². The molecule has 15 heavy (non-hydrogen) atoms. The van der Waals surface area contributed by atoms with Crippen LogP contribution >= 0.6 is 0 Å². The Kier molecular flexibility index (Phi) is 2.58. The fourth-order valence-electron chi connectivity index (χ4n) is 1.39. The largest absolute Gasteiger partial charge is 0.326 e. The Labute approximate surface area is 87.8 Å². The smallest absolute Gasteiger partial charge is 0.221 e. The van der Waals surface area contributed by atoms with Crippen molar-refractivity contribution in [3.63, 3.8) is 0 Å². The second kappa shape index (κ2) is 4.04. The van der Waals surface area contributed by atoms with Gasteiger partial charge in [-0.15, -0.1) is 0 Å². The Hall–Kier alpha value is -1.97. The fourth-order valence-corrected chi connectivity index (χ4v) is 1.39. The zero-order valence-electron chi connectivity index (χ0n) is 8.34. The Morgan fingerprint density at radius 3 is 2.33 bits per heavy atom. The number of rotatable bonds is 2. The van der Waals surface area contributed by atoms with Crippen LogP contribution in [0.15, 0.2) is 34.3 Å². The molecule has 0 bridgehead atoms. The molecule has 1 heterocycles. The van der Waals surface area contributed by atoms with E-state index < -0.39 is 0 Å². The van der Waals surface area contributed by atoms with E-state index >= 15 is 0 Å². The molecule has 0 saturated carbocycles. The van der Waals surface area contributed by atoms with Crippen molar-refractivity contribution in [2.45, 2.75) is 13.1 Å². The van der Waals surface area contributed by atoms with Crippen molar-refractivity contribution < 1.29 is 4.79 Å². The van der Waals surface area contributed by atoms with E-state index in [1.54, 1.807) is 12.4 Å². The summed E-state index contributed by atoms with van der Waals surface area (Å²) >= 11 is 0. The summed E-state index contributed by atoms with van der Waals surface area (Å²) in [6.45, 7) is 1.49. The summed E-state index contributed by atoms with van der Waals surface area (Å²) in [6.07, 6.45) is 3.26. The van der Waals surface area contributed by atoms with Gasteiger partial charge in [0.15, 0.2) is 6.17 Å². The van der Waals surface area contributed by atoms with Crippen molar-refractivity contribution >= 4 is 24.0 Å². The molecule has 1 aliphatic heterocycles. The van der Waals surface area contributed by atoms with Crippen LogP contribution in [0.1, 0.15) is 18.7 Å². The molecule has 0 saturated heterocycles. The topological polar surface area (TPSA) is 53.8 Å². The van der Waals surface area contributed by atoms with Gasteiger partial charge in [0, 0.05) is 25.0 Å². The molecule has 1 N–H and O–H groups in total. The van der Waals surface area contributed by atoms with Crippen LogP contribution in [0.2, 0.25) is 0 Å². The molecular weight excluding hydrogens is 190 g/mol. The van der Waals surface area contributed by atoms with E-state index in [0.717, 1.165) is 11.3 Å². The molecule has 1 aromatic carbocycles. The highest BCUT2D eigenvalue weighted by Gasteiger charge is 2.08. The summed E-state index contributed by atoms with van der Waals surface area (Å²) in [4.78, 5) is 19.1. The zero-order valence-corrected chi connectivity index (χ0v) is 8.34. The third-order valence-electron chi connectivity index (χ3n) is 2.05. The summed E-state index contributed by atoms with van der Waals surface area (Å²) in [5, 5.41) is 2.71. The van der Waals surface area contributed by atoms with Crippen LogP contribution in [-0.4, -0.2) is 18.3 Å². The molecule has 1 amide bonds. The van der Waals surface area contributed by atoms with Gasteiger partial charge >= 0.3 is 0 Å². The zero-order chi connectivity index (χ0) is 10.7. The average molecular weight is 201 g/mol. The molecule has 0 aromatic heterocycles. The standard InChI is InChI=1S/C11H11N3O/c1-8(15)14-10-4-2-9(3-5-10)11-12-6-7-13-11/h2-7,11H,1H3,(H,14,15). The van der Waals surface area contributed by atoms with Crippen molar-refractivity contribution in [3.8, 4) is 0 Å². The van der Waals surface area contributed by atoms with Gasteiger partial charge in [-0.3, -0.25) is 14.8 Å². The van der Waals surface area contributed by atoms with Gasteiger partial charge < -0.3 is 5.32 Å². The minimum atomic E-state index is -0.114. The number of benzene rings is 1. The minimum Gasteiger partial charge on any atom is -0.326 e.